The van der Waals surface area contributed by atoms with E-state index in [4.69, 9.17) is 9.47 Å². The highest BCUT2D eigenvalue weighted by molar-refractivity contribution is 9.10. The summed E-state index contributed by atoms with van der Waals surface area (Å²) in [6.07, 6.45) is 3.67. The Bertz CT molecular complexity index is 484. The summed E-state index contributed by atoms with van der Waals surface area (Å²) in [6.45, 7) is 4.29. The maximum absolute atomic E-state index is 5.88. The van der Waals surface area contributed by atoms with Gasteiger partial charge in [-0.1, -0.05) is 15.9 Å². The van der Waals surface area contributed by atoms with Gasteiger partial charge in [0.25, 0.3) is 0 Å². The van der Waals surface area contributed by atoms with E-state index in [0.717, 1.165) is 31.0 Å². The highest BCUT2D eigenvalue weighted by Crippen LogP contribution is 2.46. The zero-order valence-corrected chi connectivity index (χ0v) is 13.0. The Kier molecular flexibility index (Phi) is 3.72. The van der Waals surface area contributed by atoms with Gasteiger partial charge in [0, 0.05) is 23.0 Å². The van der Waals surface area contributed by atoms with Gasteiger partial charge in [-0.05, 0) is 43.9 Å². The van der Waals surface area contributed by atoms with Gasteiger partial charge in [0.1, 0.15) is 6.10 Å². The molecule has 19 heavy (non-hydrogen) atoms. The number of ether oxygens (including phenoxy) is 2. The monoisotopic (exact) mass is 325 g/mol. The van der Waals surface area contributed by atoms with Crippen LogP contribution in [0.15, 0.2) is 10.5 Å². The van der Waals surface area contributed by atoms with E-state index in [1.54, 1.807) is 7.11 Å². The van der Waals surface area contributed by atoms with Crippen molar-refractivity contribution in [2.45, 2.75) is 38.2 Å². The van der Waals surface area contributed by atoms with Crippen molar-refractivity contribution in [3.05, 3.63) is 21.7 Å². The predicted molar refractivity (Wildman–Crippen MR) is 79.3 cm³/mol. The Morgan fingerprint density at radius 3 is 3.00 bits per heavy atom. The van der Waals surface area contributed by atoms with E-state index in [9.17, 15) is 0 Å². The molecule has 1 aromatic carbocycles. The molecule has 3 rings (SSSR count). The summed E-state index contributed by atoms with van der Waals surface area (Å²) in [7, 11) is 1.72. The Hall–Kier alpha value is -0.740. The number of hydrogen-bond donors (Lipinski definition) is 1. The summed E-state index contributed by atoms with van der Waals surface area (Å²) in [6, 6.07) is 2.15. The third-order valence-corrected chi connectivity index (χ3v) is 5.01. The van der Waals surface area contributed by atoms with Crippen molar-refractivity contribution in [3.8, 4) is 11.5 Å². The number of nitrogens with one attached hydrogen (secondary N) is 1. The van der Waals surface area contributed by atoms with Gasteiger partial charge in [-0.2, -0.15) is 0 Å². The highest BCUT2D eigenvalue weighted by Gasteiger charge is 2.29. The van der Waals surface area contributed by atoms with Crippen LogP contribution in [0.25, 0.3) is 0 Å². The van der Waals surface area contributed by atoms with Crippen LogP contribution in [0.5, 0.6) is 11.5 Å². The first-order chi connectivity index (χ1) is 9.20. The average molecular weight is 326 g/mol. The minimum absolute atomic E-state index is 0.236. The van der Waals surface area contributed by atoms with Crippen LogP contribution < -0.4 is 14.8 Å². The molecule has 104 valence electrons. The lowest BCUT2D eigenvalue weighted by molar-refractivity contribution is 0.243. The van der Waals surface area contributed by atoms with Crippen molar-refractivity contribution < 1.29 is 9.47 Å². The lowest BCUT2D eigenvalue weighted by Crippen LogP contribution is -2.28. The molecule has 2 unspecified atom stereocenters. The minimum atomic E-state index is 0.236. The molecule has 0 bridgehead atoms. The van der Waals surface area contributed by atoms with Gasteiger partial charge >= 0.3 is 0 Å². The first-order valence-corrected chi connectivity index (χ1v) is 7.76. The lowest BCUT2D eigenvalue weighted by Gasteiger charge is -2.25. The zero-order valence-electron chi connectivity index (χ0n) is 11.5. The average Bonchev–Trinajstić information content (AvgIpc) is 2.83. The van der Waals surface area contributed by atoms with Gasteiger partial charge in [0.2, 0.25) is 0 Å². The standard InChI is InChI=1S/C15H20BrNO2/c1-9-6-12-14(16)11(10-4-3-5-17-8-10)7-13(18-2)15(12)19-9/h7,9-10,17H,3-6,8H2,1-2H3. The molecule has 0 amide bonds. The summed E-state index contributed by atoms with van der Waals surface area (Å²) in [5.41, 5.74) is 2.63. The predicted octanol–water partition coefficient (Wildman–Crippen LogP) is 3.25. The fraction of sp³-hybridized carbons (Fsp3) is 0.600. The van der Waals surface area contributed by atoms with Crippen molar-refractivity contribution in [2.75, 3.05) is 20.2 Å². The summed E-state index contributed by atoms with van der Waals surface area (Å²) >= 11 is 3.80. The van der Waals surface area contributed by atoms with Gasteiger partial charge in [0.15, 0.2) is 11.5 Å². The van der Waals surface area contributed by atoms with E-state index in [-0.39, 0.29) is 6.10 Å². The maximum Gasteiger partial charge on any atom is 0.166 e. The van der Waals surface area contributed by atoms with E-state index in [0.29, 0.717) is 5.92 Å². The number of piperidine rings is 1. The van der Waals surface area contributed by atoms with Crippen LogP contribution in [-0.2, 0) is 6.42 Å². The molecule has 3 nitrogen and oxygen atoms in total. The largest absolute Gasteiger partial charge is 0.493 e. The first-order valence-electron chi connectivity index (χ1n) is 6.97. The molecule has 1 fully saturated rings. The fourth-order valence-electron chi connectivity index (χ4n) is 3.10. The second-order valence-corrected chi connectivity index (χ2v) is 6.26. The molecule has 2 heterocycles. The smallest absolute Gasteiger partial charge is 0.166 e. The van der Waals surface area contributed by atoms with E-state index in [1.165, 1.54) is 28.4 Å². The van der Waals surface area contributed by atoms with Gasteiger partial charge in [-0.3, -0.25) is 0 Å². The number of benzene rings is 1. The van der Waals surface area contributed by atoms with Crippen LogP contribution in [0.4, 0.5) is 0 Å². The quantitative estimate of drug-likeness (QED) is 0.905. The molecule has 2 atom stereocenters. The molecule has 0 saturated carbocycles. The van der Waals surface area contributed by atoms with Crippen molar-refractivity contribution in [2.24, 2.45) is 0 Å². The van der Waals surface area contributed by atoms with Crippen LogP contribution in [0, 0.1) is 0 Å². The second-order valence-electron chi connectivity index (χ2n) is 5.47. The summed E-state index contributed by atoms with van der Waals surface area (Å²) in [5, 5.41) is 3.48. The van der Waals surface area contributed by atoms with Gasteiger partial charge in [-0.15, -0.1) is 0 Å². The number of hydrogen-bond acceptors (Lipinski definition) is 3. The molecule has 0 aliphatic carbocycles. The minimum Gasteiger partial charge on any atom is -0.493 e. The molecule has 1 aromatic rings. The normalized spacial score (nSPS) is 25.8. The molecule has 0 aromatic heterocycles. The van der Waals surface area contributed by atoms with Crippen LogP contribution in [0.1, 0.15) is 36.8 Å². The van der Waals surface area contributed by atoms with Crippen molar-refractivity contribution in [3.63, 3.8) is 0 Å². The molecular formula is C15H20BrNO2. The number of methoxy groups -OCH3 is 1. The maximum atomic E-state index is 5.88. The van der Waals surface area contributed by atoms with Gasteiger partial charge in [-0.25, -0.2) is 0 Å². The molecule has 0 radical (unpaired) electrons. The van der Waals surface area contributed by atoms with Crippen LogP contribution in [0.2, 0.25) is 0 Å². The lowest BCUT2D eigenvalue weighted by atomic mass is 9.90. The van der Waals surface area contributed by atoms with Crippen molar-refractivity contribution >= 4 is 15.9 Å². The number of rotatable bonds is 2. The van der Waals surface area contributed by atoms with Gasteiger partial charge < -0.3 is 14.8 Å². The molecule has 2 aliphatic heterocycles. The van der Waals surface area contributed by atoms with Crippen molar-refractivity contribution in [1.82, 2.24) is 5.32 Å². The van der Waals surface area contributed by atoms with Crippen molar-refractivity contribution in [1.29, 1.82) is 0 Å². The highest BCUT2D eigenvalue weighted by atomic mass is 79.9. The van der Waals surface area contributed by atoms with E-state index < -0.39 is 0 Å². The third kappa shape index (κ3) is 2.36. The Morgan fingerprint density at radius 2 is 2.32 bits per heavy atom. The summed E-state index contributed by atoms with van der Waals surface area (Å²) in [4.78, 5) is 0. The van der Waals surface area contributed by atoms with E-state index >= 15 is 0 Å². The van der Waals surface area contributed by atoms with E-state index in [1.807, 2.05) is 0 Å². The SMILES string of the molecule is COc1cc(C2CCCNC2)c(Br)c2c1OC(C)C2. The first kappa shape index (κ1) is 13.3. The second kappa shape index (κ2) is 5.33. The third-order valence-electron chi connectivity index (χ3n) is 4.07. The topological polar surface area (TPSA) is 30.5 Å². The number of fused-ring (bicyclic) bond motifs is 1. The molecule has 0 spiro atoms. The van der Waals surface area contributed by atoms with Crippen LogP contribution in [0.3, 0.4) is 0 Å². The molecule has 1 saturated heterocycles. The van der Waals surface area contributed by atoms with E-state index in [2.05, 4.69) is 34.2 Å². The summed E-state index contributed by atoms with van der Waals surface area (Å²) in [5.74, 6) is 2.37. The Balaban J connectivity index is 2.03. The summed E-state index contributed by atoms with van der Waals surface area (Å²) < 4.78 is 12.6. The molecule has 1 N–H and O–H groups in total. The Morgan fingerprint density at radius 1 is 1.47 bits per heavy atom. The molecule has 2 aliphatic rings. The Labute approximate surface area is 122 Å². The molecule has 4 heteroatoms. The zero-order chi connectivity index (χ0) is 13.4. The number of halogens is 1. The van der Waals surface area contributed by atoms with Crippen LogP contribution >= 0.6 is 15.9 Å². The molecular weight excluding hydrogens is 306 g/mol. The fourth-order valence-corrected chi connectivity index (χ4v) is 3.88. The van der Waals surface area contributed by atoms with Crippen LogP contribution in [-0.4, -0.2) is 26.3 Å². The van der Waals surface area contributed by atoms with Gasteiger partial charge in [0.05, 0.1) is 7.11 Å².